The molecule has 0 atom stereocenters. The van der Waals surface area contributed by atoms with Gasteiger partial charge in [-0.2, -0.15) is 0 Å². The molecule has 0 bridgehead atoms. The highest BCUT2D eigenvalue weighted by Gasteiger charge is 2.14. The fraction of sp³-hybridized carbons (Fsp3) is 0.0769. The number of rotatable bonds is 2. The molecule has 0 fully saturated rings. The van der Waals surface area contributed by atoms with Crippen molar-refractivity contribution < 1.29 is 4.74 Å². The van der Waals surface area contributed by atoms with Gasteiger partial charge in [0.2, 0.25) is 0 Å². The molecule has 0 spiro atoms. The summed E-state index contributed by atoms with van der Waals surface area (Å²) in [6.07, 6.45) is 0. The number of anilines is 1. The molecule has 2 aromatic carbocycles. The molecule has 0 aliphatic rings. The molecule has 0 aliphatic heterocycles. The number of hydrogen-bond acceptors (Lipinski definition) is 2. The molecule has 2 rings (SSSR count). The zero-order valence-electron chi connectivity index (χ0n) is 9.81. The van der Waals surface area contributed by atoms with Crippen molar-refractivity contribution in [2.24, 2.45) is 0 Å². The summed E-state index contributed by atoms with van der Waals surface area (Å²) in [7, 11) is 0. The van der Waals surface area contributed by atoms with Crippen LogP contribution in [0.25, 0.3) is 0 Å². The van der Waals surface area contributed by atoms with Gasteiger partial charge in [0.05, 0.1) is 20.8 Å². The summed E-state index contributed by atoms with van der Waals surface area (Å²) in [4.78, 5) is 0. The summed E-state index contributed by atoms with van der Waals surface area (Å²) in [6, 6.07) is 6.45. The number of ether oxygens (including phenoxy) is 1. The maximum Gasteiger partial charge on any atom is 0.150 e. The van der Waals surface area contributed by atoms with Crippen molar-refractivity contribution in [1.29, 1.82) is 0 Å². The van der Waals surface area contributed by atoms with Gasteiger partial charge in [-0.25, -0.2) is 0 Å². The normalized spacial score (nSPS) is 10.6. The molecular formula is C13H9Cl4NO. The number of halogens is 4. The molecule has 6 heteroatoms. The van der Waals surface area contributed by atoms with Gasteiger partial charge in [0, 0.05) is 10.6 Å². The Bertz CT molecular complexity index is 643. The van der Waals surface area contributed by atoms with E-state index in [-0.39, 0.29) is 0 Å². The summed E-state index contributed by atoms with van der Waals surface area (Å²) in [6.45, 7) is 1.77. The third-order valence-electron chi connectivity index (χ3n) is 2.53. The molecule has 0 saturated carbocycles. The van der Waals surface area contributed by atoms with E-state index in [1.54, 1.807) is 25.1 Å². The minimum absolute atomic E-state index is 0.366. The Labute approximate surface area is 131 Å². The topological polar surface area (TPSA) is 35.2 Å². The zero-order chi connectivity index (χ0) is 14.2. The molecule has 19 heavy (non-hydrogen) atoms. The van der Waals surface area contributed by atoms with Crippen molar-refractivity contribution >= 4 is 52.1 Å². The third kappa shape index (κ3) is 3.03. The van der Waals surface area contributed by atoms with Crippen molar-refractivity contribution in [2.75, 3.05) is 5.73 Å². The lowest BCUT2D eigenvalue weighted by molar-refractivity contribution is 0.479. The van der Waals surface area contributed by atoms with Crippen molar-refractivity contribution in [2.45, 2.75) is 6.92 Å². The number of hydrogen-bond donors (Lipinski definition) is 1. The van der Waals surface area contributed by atoms with Crippen LogP contribution in [0.1, 0.15) is 5.56 Å². The Morgan fingerprint density at radius 3 is 2.32 bits per heavy atom. The van der Waals surface area contributed by atoms with Crippen molar-refractivity contribution in [3.05, 3.63) is 49.9 Å². The molecule has 0 unspecified atom stereocenters. The van der Waals surface area contributed by atoms with Crippen LogP contribution in [0.3, 0.4) is 0 Å². The second-order valence-corrected chi connectivity index (χ2v) is 5.52. The SMILES string of the molecule is Cc1c(Cl)c(N)cc(Cl)c1Oc1ccc(Cl)cc1Cl. The highest BCUT2D eigenvalue weighted by molar-refractivity contribution is 6.37. The van der Waals surface area contributed by atoms with E-state index in [0.717, 1.165) is 0 Å². The molecule has 2 aromatic rings. The fourth-order valence-electron chi connectivity index (χ4n) is 1.55. The van der Waals surface area contributed by atoms with Gasteiger partial charge in [-0.05, 0) is 31.2 Å². The van der Waals surface area contributed by atoms with Crippen molar-refractivity contribution in [1.82, 2.24) is 0 Å². The summed E-state index contributed by atoms with van der Waals surface area (Å²) >= 11 is 24.0. The Morgan fingerprint density at radius 1 is 1.00 bits per heavy atom. The minimum atomic E-state index is 0.366. The summed E-state index contributed by atoms with van der Waals surface area (Å²) in [5.74, 6) is 0.863. The monoisotopic (exact) mass is 335 g/mol. The first-order valence-electron chi connectivity index (χ1n) is 5.27. The molecule has 0 heterocycles. The van der Waals surface area contributed by atoms with Crippen LogP contribution in [-0.4, -0.2) is 0 Å². The third-order valence-corrected chi connectivity index (χ3v) is 3.84. The lowest BCUT2D eigenvalue weighted by Gasteiger charge is -2.14. The van der Waals surface area contributed by atoms with Crippen LogP contribution in [0.4, 0.5) is 5.69 Å². The van der Waals surface area contributed by atoms with Crippen LogP contribution in [0, 0.1) is 6.92 Å². The number of nitrogens with two attached hydrogens (primary N) is 1. The lowest BCUT2D eigenvalue weighted by Crippen LogP contribution is -1.95. The van der Waals surface area contributed by atoms with Crippen LogP contribution in [0.5, 0.6) is 11.5 Å². The Balaban J connectivity index is 2.47. The van der Waals surface area contributed by atoms with Crippen LogP contribution in [0.15, 0.2) is 24.3 Å². The van der Waals surface area contributed by atoms with E-state index in [4.69, 9.17) is 56.9 Å². The second kappa shape index (κ2) is 5.68. The van der Waals surface area contributed by atoms with Crippen LogP contribution < -0.4 is 10.5 Å². The van der Waals surface area contributed by atoms with E-state index >= 15 is 0 Å². The van der Waals surface area contributed by atoms with E-state index in [1.165, 1.54) is 6.07 Å². The van der Waals surface area contributed by atoms with Gasteiger partial charge in [0.25, 0.3) is 0 Å². The quantitative estimate of drug-likeness (QED) is 0.684. The summed E-state index contributed by atoms with van der Waals surface area (Å²) in [5, 5.41) is 1.68. The van der Waals surface area contributed by atoms with Gasteiger partial charge in [-0.3, -0.25) is 0 Å². The van der Waals surface area contributed by atoms with Crippen molar-refractivity contribution in [3.8, 4) is 11.5 Å². The van der Waals surface area contributed by atoms with E-state index in [0.29, 0.717) is 42.8 Å². The molecule has 0 aliphatic carbocycles. The van der Waals surface area contributed by atoms with Gasteiger partial charge in [0.15, 0.2) is 5.75 Å². The first kappa shape index (κ1) is 14.6. The first-order valence-corrected chi connectivity index (χ1v) is 6.78. The predicted molar refractivity (Wildman–Crippen MR) is 82.1 cm³/mol. The summed E-state index contributed by atoms with van der Waals surface area (Å²) in [5.41, 5.74) is 6.77. The first-order chi connectivity index (χ1) is 8.90. The molecule has 0 aromatic heterocycles. The highest BCUT2D eigenvalue weighted by Crippen LogP contribution is 2.41. The zero-order valence-corrected chi connectivity index (χ0v) is 12.8. The molecule has 2 nitrogen and oxygen atoms in total. The second-order valence-electron chi connectivity index (χ2n) is 3.89. The van der Waals surface area contributed by atoms with Gasteiger partial charge < -0.3 is 10.5 Å². The fourth-order valence-corrected chi connectivity index (χ4v) is 2.44. The van der Waals surface area contributed by atoms with Crippen LogP contribution in [-0.2, 0) is 0 Å². The maximum atomic E-state index is 6.11. The molecule has 2 N–H and O–H groups in total. The Morgan fingerprint density at radius 2 is 1.68 bits per heavy atom. The highest BCUT2D eigenvalue weighted by atomic mass is 35.5. The van der Waals surface area contributed by atoms with E-state index in [2.05, 4.69) is 0 Å². The van der Waals surface area contributed by atoms with Gasteiger partial charge in [-0.15, -0.1) is 0 Å². The average molecular weight is 337 g/mol. The van der Waals surface area contributed by atoms with E-state index < -0.39 is 0 Å². The molecule has 0 amide bonds. The van der Waals surface area contributed by atoms with E-state index in [9.17, 15) is 0 Å². The minimum Gasteiger partial charge on any atom is -0.454 e. The van der Waals surface area contributed by atoms with Crippen molar-refractivity contribution in [3.63, 3.8) is 0 Å². The van der Waals surface area contributed by atoms with Gasteiger partial charge in [-0.1, -0.05) is 46.4 Å². The largest absolute Gasteiger partial charge is 0.454 e. The number of nitrogen functional groups attached to an aromatic ring is 1. The maximum absolute atomic E-state index is 6.11. The Hall–Kier alpha value is -0.800. The van der Waals surface area contributed by atoms with E-state index in [1.807, 2.05) is 0 Å². The average Bonchev–Trinajstić information content (AvgIpc) is 2.34. The van der Waals surface area contributed by atoms with Gasteiger partial charge in [0.1, 0.15) is 5.75 Å². The standard InChI is InChI=1S/C13H9Cl4NO/c1-6-12(17)10(18)5-9(16)13(6)19-11-3-2-7(14)4-8(11)15/h2-5H,18H2,1H3. The molecule has 0 radical (unpaired) electrons. The van der Waals surface area contributed by atoms with Crippen LogP contribution in [0.2, 0.25) is 20.1 Å². The lowest BCUT2D eigenvalue weighted by atomic mass is 10.2. The molecular weight excluding hydrogens is 328 g/mol. The Kier molecular flexibility index (Phi) is 4.36. The number of benzene rings is 2. The van der Waals surface area contributed by atoms with Crippen LogP contribution >= 0.6 is 46.4 Å². The van der Waals surface area contributed by atoms with Gasteiger partial charge >= 0.3 is 0 Å². The summed E-state index contributed by atoms with van der Waals surface area (Å²) < 4.78 is 5.70. The smallest absolute Gasteiger partial charge is 0.150 e. The molecule has 0 saturated heterocycles. The predicted octanol–water partition coefficient (Wildman–Crippen LogP) is 5.98. The molecule has 100 valence electrons.